The molecule has 0 unspecified atom stereocenters. The lowest BCUT2D eigenvalue weighted by Gasteiger charge is -2.30. The van der Waals surface area contributed by atoms with E-state index >= 15 is 0 Å². The second kappa shape index (κ2) is 11.2. The van der Waals surface area contributed by atoms with Crippen molar-refractivity contribution >= 4 is 45.4 Å². The van der Waals surface area contributed by atoms with E-state index in [1.165, 1.54) is 36.4 Å². The van der Waals surface area contributed by atoms with E-state index in [2.05, 4.69) is 15.8 Å². The van der Waals surface area contributed by atoms with Gasteiger partial charge >= 0.3 is 0 Å². The van der Waals surface area contributed by atoms with Crippen molar-refractivity contribution in [3.05, 3.63) is 71.1 Å². The van der Waals surface area contributed by atoms with Crippen LogP contribution in [0.1, 0.15) is 36.8 Å². The Labute approximate surface area is 218 Å². The Hall–Kier alpha value is -3.90. The standard InChI is InChI=1S/C26H26F2N4O5S/c1-16-25(24(37-31-16)10-4-18-3-5-20(27)15-23(18)28)38(35,36)32-13-11-19(12-14-32)26(34)30-22-8-6-21(7-9-22)29-17(2)33/h3-10,15,19H,11-14H2,1-2H3,(H,29,33)(H,30,34)/b10-4+. The average Bonchev–Trinajstić information content (AvgIpc) is 3.25. The maximum atomic E-state index is 14.0. The van der Waals surface area contributed by atoms with E-state index in [1.54, 1.807) is 24.3 Å². The average molecular weight is 545 g/mol. The van der Waals surface area contributed by atoms with Crippen molar-refractivity contribution in [1.29, 1.82) is 0 Å². The number of sulfonamides is 1. The predicted molar refractivity (Wildman–Crippen MR) is 137 cm³/mol. The molecule has 0 saturated carbocycles. The van der Waals surface area contributed by atoms with Gasteiger partial charge in [0.1, 0.15) is 17.3 Å². The molecule has 12 heteroatoms. The van der Waals surface area contributed by atoms with Gasteiger partial charge in [-0.3, -0.25) is 9.59 Å². The predicted octanol–water partition coefficient (Wildman–Crippen LogP) is 4.43. The molecule has 3 aromatic rings. The molecule has 38 heavy (non-hydrogen) atoms. The molecule has 9 nitrogen and oxygen atoms in total. The first-order valence-electron chi connectivity index (χ1n) is 11.8. The SMILES string of the molecule is CC(=O)Nc1ccc(NC(=O)C2CCN(S(=O)(=O)c3c(C)noc3/C=C/c3ccc(F)cc3F)CC2)cc1. The molecule has 0 bridgehead atoms. The highest BCUT2D eigenvalue weighted by Crippen LogP contribution is 2.30. The molecule has 1 aliphatic rings. The zero-order valence-electron chi connectivity index (χ0n) is 20.7. The summed E-state index contributed by atoms with van der Waals surface area (Å²) in [7, 11) is -4.02. The van der Waals surface area contributed by atoms with Crippen molar-refractivity contribution in [2.24, 2.45) is 5.92 Å². The van der Waals surface area contributed by atoms with Crippen molar-refractivity contribution in [3.8, 4) is 0 Å². The van der Waals surface area contributed by atoms with Crippen LogP contribution in [0.4, 0.5) is 20.2 Å². The zero-order valence-corrected chi connectivity index (χ0v) is 21.5. The van der Waals surface area contributed by atoms with Gasteiger partial charge in [-0.1, -0.05) is 5.16 Å². The topological polar surface area (TPSA) is 122 Å². The fourth-order valence-electron chi connectivity index (χ4n) is 4.17. The number of aryl methyl sites for hydroxylation is 1. The zero-order chi connectivity index (χ0) is 27.4. The largest absolute Gasteiger partial charge is 0.355 e. The molecule has 0 atom stereocenters. The smallest absolute Gasteiger partial charge is 0.248 e. The lowest BCUT2D eigenvalue weighted by atomic mass is 9.97. The Morgan fingerprint density at radius 2 is 1.66 bits per heavy atom. The molecule has 0 radical (unpaired) electrons. The Morgan fingerprint density at radius 1 is 1.03 bits per heavy atom. The van der Waals surface area contributed by atoms with E-state index < -0.39 is 21.7 Å². The van der Waals surface area contributed by atoms with Crippen molar-refractivity contribution < 1.29 is 31.3 Å². The maximum Gasteiger partial charge on any atom is 0.248 e. The van der Waals surface area contributed by atoms with Gasteiger partial charge in [-0.2, -0.15) is 4.31 Å². The minimum Gasteiger partial charge on any atom is -0.355 e. The molecule has 1 saturated heterocycles. The number of hydrogen-bond donors (Lipinski definition) is 2. The number of anilines is 2. The number of benzene rings is 2. The third-order valence-corrected chi connectivity index (χ3v) is 8.16. The fraction of sp³-hybridized carbons (Fsp3) is 0.269. The number of carbonyl (C=O) groups excluding carboxylic acids is 2. The van der Waals surface area contributed by atoms with Gasteiger partial charge < -0.3 is 15.2 Å². The summed E-state index contributed by atoms with van der Waals surface area (Å²) in [5, 5.41) is 9.24. The van der Waals surface area contributed by atoms with Gasteiger partial charge in [0, 0.05) is 48.9 Å². The maximum absolute atomic E-state index is 14.0. The minimum atomic E-state index is -4.02. The van der Waals surface area contributed by atoms with Crippen molar-refractivity contribution in [2.75, 3.05) is 23.7 Å². The molecular formula is C26H26F2N4O5S. The van der Waals surface area contributed by atoms with Crippen LogP contribution in [-0.2, 0) is 19.6 Å². The number of nitrogens with one attached hydrogen (secondary N) is 2. The van der Waals surface area contributed by atoms with Crippen LogP contribution >= 0.6 is 0 Å². The molecule has 1 aromatic heterocycles. The molecule has 200 valence electrons. The third-order valence-electron chi connectivity index (χ3n) is 6.11. The Bertz CT molecular complexity index is 1480. The first-order chi connectivity index (χ1) is 18.0. The number of halogens is 2. The van der Waals surface area contributed by atoms with Gasteiger partial charge in [0.15, 0.2) is 10.7 Å². The van der Waals surface area contributed by atoms with E-state index in [9.17, 15) is 26.8 Å². The lowest BCUT2D eigenvalue weighted by Crippen LogP contribution is -2.41. The van der Waals surface area contributed by atoms with E-state index in [0.717, 1.165) is 12.1 Å². The van der Waals surface area contributed by atoms with Crippen LogP contribution in [0.2, 0.25) is 0 Å². The molecule has 2 heterocycles. The first kappa shape index (κ1) is 27.1. The van der Waals surface area contributed by atoms with E-state index in [1.807, 2.05) is 0 Å². The van der Waals surface area contributed by atoms with Gasteiger partial charge in [-0.25, -0.2) is 17.2 Å². The second-order valence-corrected chi connectivity index (χ2v) is 10.8. The normalized spacial score (nSPS) is 15.1. The molecule has 1 fully saturated rings. The highest BCUT2D eigenvalue weighted by Gasteiger charge is 2.36. The van der Waals surface area contributed by atoms with Gasteiger partial charge in [0.05, 0.1) is 0 Å². The fourth-order valence-corrected chi connectivity index (χ4v) is 5.89. The van der Waals surface area contributed by atoms with Crippen LogP contribution in [0.5, 0.6) is 0 Å². The molecule has 2 N–H and O–H groups in total. The van der Waals surface area contributed by atoms with Crippen LogP contribution in [0.25, 0.3) is 12.2 Å². The quantitative estimate of drug-likeness (QED) is 0.454. The number of aromatic nitrogens is 1. The number of hydrogen-bond acceptors (Lipinski definition) is 6. The molecular weight excluding hydrogens is 518 g/mol. The third kappa shape index (κ3) is 6.14. The summed E-state index contributed by atoms with van der Waals surface area (Å²) in [6.07, 6.45) is 3.18. The minimum absolute atomic E-state index is 0.0559. The van der Waals surface area contributed by atoms with Crippen LogP contribution in [0.15, 0.2) is 51.9 Å². The molecule has 4 rings (SSSR count). The van der Waals surface area contributed by atoms with E-state index in [0.29, 0.717) is 24.2 Å². The summed E-state index contributed by atoms with van der Waals surface area (Å²) in [6, 6.07) is 9.73. The van der Waals surface area contributed by atoms with Gasteiger partial charge in [0.2, 0.25) is 21.8 Å². The Balaban J connectivity index is 1.41. The van der Waals surface area contributed by atoms with E-state index in [-0.39, 0.29) is 52.7 Å². The van der Waals surface area contributed by atoms with E-state index in [4.69, 9.17) is 4.52 Å². The first-order valence-corrected chi connectivity index (χ1v) is 13.3. The summed E-state index contributed by atoms with van der Waals surface area (Å²) in [5.74, 6) is -2.41. The molecule has 2 aromatic carbocycles. The molecule has 0 aliphatic carbocycles. The molecule has 2 amide bonds. The number of piperidine rings is 1. The van der Waals surface area contributed by atoms with Gasteiger partial charge in [-0.05, 0) is 68.3 Å². The second-order valence-electron chi connectivity index (χ2n) is 8.89. The lowest BCUT2D eigenvalue weighted by molar-refractivity contribution is -0.121. The van der Waals surface area contributed by atoms with Gasteiger partial charge in [0.25, 0.3) is 0 Å². The Morgan fingerprint density at radius 3 is 2.26 bits per heavy atom. The van der Waals surface area contributed by atoms with Crippen molar-refractivity contribution in [2.45, 2.75) is 31.6 Å². The summed E-state index contributed by atoms with van der Waals surface area (Å²) < 4.78 is 60.5. The summed E-state index contributed by atoms with van der Waals surface area (Å²) in [6.45, 7) is 3.12. The van der Waals surface area contributed by atoms with Crippen LogP contribution in [-0.4, -0.2) is 42.8 Å². The Kier molecular flexibility index (Phi) is 8.02. The monoisotopic (exact) mass is 544 g/mol. The number of rotatable bonds is 7. The number of nitrogens with zero attached hydrogens (tertiary/aromatic N) is 2. The van der Waals surface area contributed by atoms with Crippen LogP contribution < -0.4 is 10.6 Å². The number of carbonyl (C=O) groups is 2. The molecule has 1 aliphatic heterocycles. The highest BCUT2D eigenvalue weighted by molar-refractivity contribution is 7.89. The van der Waals surface area contributed by atoms with Gasteiger partial charge in [-0.15, -0.1) is 0 Å². The number of amides is 2. The summed E-state index contributed by atoms with van der Waals surface area (Å²) >= 11 is 0. The van der Waals surface area contributed by atoms with Crippen LogP contribution in [0, 0.1) is 24.5 Å². The summed E-state index contributed by atoms with van der Waals surface area (Å²) in [5.41, 5.74) is 1.37. The van der Waals surface area contributed by atoms with Crippen LogP contribution in [0.3, 0.4) is 0 Å². The van der Waals surface area contributed by atoms with Crippen molar-refractivity contribution in [3.63, 3.8) is 0 Å². The van der Waals surface area contributed by atoms with Crippen molar-refractivity contribution in [1.82, 2.24) is 9.46 Å². The molecule has 0 spiro atoms. The summed E-state index contributed by atoms with van der Waals surface area (Å²) in [4.78, 5) is 23.8. The highest BCUT2D eigenvalue weighted by atomic mass is 32.2.